The van der Waals surface area contributed by atoms with Gasteiger partial charge >= 0.3 is 5.97 Å². The van der Waals surface area contributed by atoms with Crippen LogP contribution in [0.2, 0.25) is 0 Å². The molecule has 0 atom stereocenters. The van der Waals surface area contributed by atoms with Crippen LogP contribution in [0, 0.1) is 0 Å². The molecule has 0 amide bonds. The van der Waals surface area contributed by atoms with Crippen LogP contribution in [0.4, 0.5) is 0 Å². The molecule has 0 saturated carbocycles. The predicted octanol–water partition coefficient (Wildman–Crippen LogP) is 4.49. The topological polar surface area (TPSA) is 53.4 Å². The monoisotopic (exact) mass is 400 g/mol. The zero-order valence-corrected chi connectivity index (χ0v) is 15.5. The molecule has 0 radical (unpaired) electrons. The lowest BCUT2D eigenvalue weighted by atomic mass is 10.1. The molecule has 6 heteroatoms. The fourth-order valence-corrected chi connectivity index (χ4v) is 2.85. The first-order valence-electron chi connectivity index (χ1n) is 7.80. The minimum atomic E-state index is -0.439. The Labute approximate surface area is 154 Å². The number of aromatic nitrogens is 2. The zero-order chi connectivity index (χ0) is 17.8. The van der Waals surface area contributed by atoms with Gasteiger partial charge in [-0.2, -0.15) is 5.10 Å². The maximum atomic E-state index is 12.1. The van der Waals surface area contributed by atoms with Crippen molar-refractivity contribution in [3.8, 4) is 22.7 Å². The van der Waals surface area contributed by atoms with Crippen molar-refractivity contribution < 1.29 is 14.3 Å². The number of methoxy groups -OCH3 is 1. The lowest BCUT2D eigenvalue weighted by Crippen LogP contribution is -2.06. The van der Waals surface area contributed by atoms with Crippen LogP contribution < -0.4 is 4.74 Å². The molecular formula is C19H17BrN2O3. The van der Waals surface area contributed by atoms with E-state index < -0.39 is 5.97 Å². The first-order chi connectivity index (χ1) is 12.1. The van der Waals surface area contributed by atoms with Crippen LogP contribution in [0.25, 0.3) is 16.9 Å². The van der Waals surface area contributed by atoms with E-state index >= 15 is 0 Å². The number of ether oxygens (including phenoxy) is 2. The van der Waals surface area contributed by atoms with E-state index in [4.69, 9.17) is 9.47 Å². The third-order valence-corrected chi connectivity index (χ3v) is 4.13. The second-order valence-corrected chi connectivity index (χ2v) is 6.17. The van der Waals surface area contributed by atoms with Gasteiger partial charge in [-0.15, -0.1) is 0 Å². The van der Waals surface area contributed by atoms with E-state index in [0.717, 1.165) is 27.2 Å². The molecule has 3 aromatic rings. The second-order valence-electron chi connectivity index (χ2n) is 5.26. The van der Waals surface area contributed by atoms with Crippen molar-refractivity contribution in [2.75, 3.05) is 13.7 Å². The smallest absolute Gasteiger partial charge is 0.358 e. The predicted molar refractivity (Wildman–Crippen MR) is 99.2 cm³/mol. The van der Waals surface area contributed by atoms with Crippen LogP contribution in [0.3, 0.4) is 0 Å². The summed E-state index contributed by atoms with van der Waals surface area (Å²) in [5, 5.41) is 4.45. The number of hydrogen-bond donors (Lipinski definition) is 0. The molecule has 3 rings (SSSR count). The van der Waals surface area contributed by atoms with Gasteiger partial charge in [0.15, 0.2) is 5.69 Å². The maximum Gasteiger partial charge on any atom is 0.358 e. The highest BCUT2D eigenvalue weighted by atomic mass is 79.9. The summed E-state index contributed by atoms with van der Waals surface area (Å²) in [5.41, 5.74) is 2.83. The minimum absolute atomic E-state index is 0.271. The lowest BCUT2D eigenvalue weighted by Gasteiger charge is -2.08. The normalized spacial score (nSPS) is 10.5. The van der Waals surface area contributed by atoms with Crippen molar-refractivity contribution in [2.45, 2.75) is 6.92 Å². The summed E-state index contributed by atoms with van der Waals surface area (Å²) in [7, 11) is 1.62. The Hall–Kier alpha value is -2.60. The molecule has 0 aliphatic rings. The zero-order valence-electron chi connectivity index (χ0n) is 13.9. The molecule has 0 unspecified atom stereocenters. The molecule has 0 aliphatic heterocycles. The van der Waals surface area contributed by atoms with Gasteiger partial charge < -0.3 is 9.47 Å². The van der Waals surface area contributed by atoms with E-state index in [1.165, 1.54) is 0 Å². The van der Waals surface area contributed by atoms with Gasteiger partial charge in [0.05, 0.1) is 25.1 Å². The lowest BCUT2D eigenvalue weighted by molar-refractivity contribution is 0.0519. The summed E-state index contributed by atoms with van der Waals surface area (Å²) in [4.78, 5) is 12.1. The number of rotatable bonds is 5. The van der Waals surface area contributed by atoms with Crippen LogP contribution in [-0.2, 0) is 4.74 Å². The van der Waals surface area contributed by atoms with Gasteiger partial charge in [0.2, 0.25) is 0 Å². The van der Waals surface area contributed by atoms with E-state index in [2.05, 4.69) is 21.0 Å². The second kappa shape index (κ2) is 7.53. The third kappa shape index (κ3) is 3.74. The molecule has 128 valence electrons. The highest BCUT2D eigenvalue weighted by Crippen LogP contribution is 2.27. The Morgan fingerprint density at radius 1 is 1.16 bits per heavy atom. The van der Waals surface area contributed by atoms with Gasteiger partial charge in [0.1, 0.15) is 5.75 Å². The van der Waals surface area contributed by atoms with Crippen molar-refractivity contribution in [3.05, 3.63) is 64.8 Å². The van der Waals surface area contributed by atoms with E-state index in [-0.39, 0.29) is 5.69 Å². The molecule has 0 saturated heterocycles. The highest BCUT2D eigenvalue weighted by Gasteiger charge is 2.17. The standard InChI is InChI=1S/C19H17BrN2O3/c1-3-25-19(23)17-12-18(13-7-9-16(24-2)10-8-13)22(21-17)15-6-4-5-14(20)11-15/h4-12H,3H2,1-2H3. The number of carbonyl (C=O) groups excluding carboxylic acids is 1. The van der Waals surface area contributed by atoms with Gasteiger partial charge in [-0.05, 0) is 55.5 Å². The van der Waals surface area contributed by atoms with E-state index in [1.54, 1.807) is 24.8 Å². The number of hydrogen-bond acceptors (Lipinski definition) is 4. The molecule has 1 heterocycles. The van der Waals surface area contributed by atoms with Gasteiger partial charge in [-0.25, -0.2) is 9.48 Å². The molecule has 0 spiro atoms. The average molecular weight is 401 g/mol. The Morgan fingerprint density at radius 2 is 1.92 bits per heavy atom. The maximum absolute atomic E-state index is 12.1. The Morgan fingerprint density at radius 3 is 2.56 bits per heavy atom. The summed E-state index contributed by atoms with van der Waals surface area (Å²) in [5.74, 6) is 0.328. The highest BCUT2D eigenvalue weighted by molar-refractivity contribution is 9.10. The molecule has 1 aromatic heterocycles. The summed E-state index contributed by atoms with van der Waals surface area (Å²) in [6.07, 6.45) is 0. The van der Waals surface area contributed by atoms with Gasteiger partial charge in [0.25, 0.3) is 0 Å². The van der Waals surface area contributed by atoms with Gasteiger partial charge in [-0.3, -0.25) is 0 Å². The molecule has 0 bridgehead atoms. The molecule has 5 nitrogen and oxygen atoms in total. The Balaban J connectivity index is 2.12. The van der Waals surface area contributed by atoms with Crippen molar-refractivity contribution in [1.82, 2.24) is 9.78 Å². The summed E-state index contributed by atoms with van der Waals surface area (Å²) in [6, 6.07) is 17.1. The Bertz CT molecular complexity index is 888. The van der Waals surface area contributed by atoms with Crippen molar-refractivity contribution in [2.24, 2.45) is 0 Å². The van der Waals surface area contributed by atoms with Crippen LogP contribution in [-0.4, -0.2) is 29.5 Å². The molecule has 0 N–H and O–H groups in total. The van der Waals surface area contributed by atoms with E-state index in [0.29, 0.717) is 6.61 Å². The fraction of sp³-hybridized carbons (Fsp3) is 0.158. The van der Waals surface area contributed by atoms with Crippen molar-refractivity contribution in [3.63, 3.8) is 0 Å². The third-order valence-electron chi connectivity index (χ3n) is 3.63. The minimum Gasteiger partial charge on any atom is -0.497 e. The largest absolute Gasteiger partial charge is 0.497 e. The Kier molecular flexibility index (Phi) is 5.19. The number of esters is 1. The molecule has 2 aromatic carbocycles. The first kappa shape index (κ1) is 17.2. The molecule has 0 aliphatic carbocycles. The number of benzene rings is 2. The van der Waals surface area contributed by atoms with E-state index in [1.807, 2.05) is 48.5 Å². The molecular weight excluding hydrogens is 384 g/mol. The average Bonchev–Trinajstić information content (AvgIpc) is 3.07. The van der Waals surface area contributed by atoms with Crippen LogP contribution in [0.15, 0.2) is 59.1 Å². The van der Waals surface area contributed by atoms with Crippen molar-refractivity contribution in [1.29, 1.82) is 0 Å². The van der Waals surface area contributed by atoms with Gasteiger partial charge in [-0.1, -0.05) is 22.0 Å². The molecule has 25 heavy (non-hydrogen) atoms. The fourth-order valence-electron chi connectivity index (χ4n) is 2.46. The molecule has 0 fully saturated rings. The van der Waals surface area contributed by atoms with Crippen LogP contribution in [0.5, 0.6) is 5.75 Å². The quantitative estimate of drug-likeness (QED) is 0.592. The number of nitrogens with zero attached hydrogens (tertiary/aromatic N) is 2. The van der Waals surface area contributed by atoms with Crippen LogP contribution in [0.1, 0.15) is 17.4 Å². The summed E-state index contributed by atoms with van der Waals surface area (Å²) < 4.78 is 13.0. The SMILES string of the molecule is CCOC(=O)c1cc(-c2ccc(OC)cc2)n(-c2cccc(Br)c2)n1. The number of carbonyl (C=O) groups is 1. The van der Waals surface area contributed by atoms with E-state index in [9.17, 15) is 4.79 Å². The van der Waals surface area contributed by atoms with Gasteiger partial charge in [0, 0.05) is 10.0 Å². The van der Waals surface area contributed by atoms with Crippen molar-refractivity contribution >= 4 is 21.9 Å². The first-order valence-corrected chi connectivity index (χ1v) is 8.59. The van der Waals surface area contributed by atoms with Crippen LogP contribution >= 0.6 is 15.9 Å². The summed E-state index contributed by atoms with van der Waals surface area (Å²) in [6.45, 7) is 2.08. The number of halogens is 1. The summed E-state index contributed by atoms with van der Waals surface area (Å²) >= 11 is 3.47.